The van der Waals surface area contributed by atoms with Crippen molar-refractivity contribution in [3.8, 4) is 0 Å². The molecule has 0 saturated carbocycles. The highest BCUT2D eigenvalue weighted by Gasteiger charge is 2.07. The lowest BCUT2D eigenvalue weighted by molar-refractivity contribution is -0.138. The van der Waals surface area contributed by atoms with Crippen LogP contribution in [0.2, 0.25) is 0 Å². The minimum atomic E-state index is -0.234. The summed E-state index contributed by atoms with van der Waals surface area (Å²) in [7, 11) is 2.74. The molecule has 0 amide bonds. The van der Waals surface area contributed by atoms with Crippen LogP contribution in [0.3, 0.4) is 0 Å². The normalized spacial score (nSPS) is 11.9. The molecule has 0 aromatic carbocycles. The van der Waals surface area contributed by atoms with Gasteiger partial charge in [0.1, 0.15) is 0 Å². The maximum atomic E-state index is 10.8. The summed E-state index contributed by atoms with van der Waals surface area (Å²) in [5.41, 5.74) is 5.85. The molecule has 0 aliphatic rings. The van der Waals surface area contributed by atoms with Crippen LogP contribution in [0.15, 0.2) is 0 Å². The van der Waals surface area contributed by atoms with Gasteiger partial charge in [-0.2, -0.15) is 11.8 Å². The van der Waals surface area contributed by atoms with E-state index < -0.39 is 0 Å². The van der Waals surface area contributed by atoms with Crippen LogP contribution >= 0.6 is 23.5 Å². The van der Waals surface area contributed by atoms with Gasteiger partial charge in [0.25, 0.3) is 0 Å². The van der Waals surface area contributed by atoms with E-state index in [2.05, 4.69) is 9.47 Å². The van der Waals surface area contributed by atoms with Gasteiger partial charge in [0, 0.05) is 11.8 Å². The average molecular weight is 281 g/mol. The predicted octanol–water partition coefficient (Wildman–Crippen LogP) is 0.516. The number of methoxy groups -OCH3 is 2. The monoisotopic (exact) mass is 281 g/mol. The number of nitrogens with two attached hydrogens (primary N) is 1. The number of thioether (sulfide) groups is 2. The first-order valence-corrected chi connectivity index (χ1v) is 7.45. The topological polar surface area (TPSA) is 78.6 Å². The third kappa shape index (κ3) is 10.5. The maximum Gasteiger partial charge on any atom is 0.315 e. The second kappa shape index (κ2) is 10.7. The fourth-order valence-electron chi connectivity index (χ4n) is 0.885. The number of rotatable bonds is 9. The summed E-state index contributed by atoms with van der Waals surface area (Å²) in [5, 5.41) is 0. The fourth-order valence-corrected chi connectivity index (χ4v) is 2.66. The van der Waals surface area contributed by atoms with E-state index >= 15 is 0 Å². The number of carbonyl (C=O) groups is 2. The quantitative estimate of drug-likeness (QED) is 0.487. The van der Waals surface area contributed by atoms with E-state index in [1.165, 1.54) is 37.7 Å². The van der Waals surface area contributed by atoms with E-state index in [1.807, 2.05) is 0 Å². The van der Waals surface area contributed by atoms with Crippen molar-refractivity contribution in [3.05, 3.63) is 0 Å². The summed E-state index contributed by atoms with van der Waals surface area (Å²) >= 11 is 2.97. The molecular weight excluding hydrogens is 262 g/mol. The van der Waals surface area contributed by atoms with Crippen LogP contribution in [0.4, 0.5) is 0 Å². The number of esters is 2. The van der Waals surface area contributed by atoms with Crippen molar-refractivity contribution < 1.29 is 19.1 Å². The lowest BCUT2D eigenvalue weighted by atomic mass is 10.3. The first kappa shape index (κ1) is 16.6. The Morgan fingerprint density at radius 2 is 1.65 bits per heavy atom. The zero-order valence-corrected chi connectivity index (χ0v) is 11.8. The van der Waals surface area contributed by atoms with Crippen LogP contribution in [-0.4, -0.2) is 55.2 Å². The van der Waals surface area contributed by atoms with E-state index in [0.29, 0.717) is 17.3 Å². The highest BCUT2D eigenvalue weighted by Crippen LogP contribution is 2.09. The van der Waals surface area contributed by atoms with Crippen molar-refractivity contribution in [1.29, 1.82) is 0 Å². The van der Waals surface area contributed by atoms with E-state index in [1.54, 1.807) is 0 Å². The van der Waals surface area contributed by atoms with Crippen LogP contribution in [0.1, 0.15) is 6.42 Å². The second-order valence-electron chi connectivity index (χ2n) is 3.27. The Morgan fingerprint density at radius 3 is 2.18 bits per heavy atom. The van der Waals surface area contributed by atoms with E-state index in [4.69, 9.17) is 5.73 Å². The number of hydrogen-bond acceptors (Lipinski definition) is 7. The summed E-state index contributed by atoms with van der Waals surface area (Å²) in [6, 6.07) is 0.0369. The van der Waals surface area contributed by atoms with Gasteiger partial charge in [-0.3, -0.25) is 9.59 Å². The molecule has 100 valence electrons. The van der Waals surface area contributed by atoms with Crippen LogP contribution in [0.25, 0.3) is 0 Å². The van der Waals surface area contributed by atoms with E-state index in [-0.39, 0.29) is 18.0 Å². The lowest BCUT2D eigenvalue weighted by Gasteiger charge is -2.10. The van der Waals surface area contributed by atoms with Crippen molar-refractivity contribution in [1.82, 2.24) is 0 Å². The molecule has 5 nitrogen and oxygen atoms in total. The molecule has 7 heteroatoms. The Balaban J connectivity index is 3.37. The van der Waals surface area contributed by atoms with Gasteiger partial charge >= 0.3 is 11.9 Å². The van der Waals surface area contributed by atoms with Crippen molar-refractivity contribution in [2.24, 2.45) is 5.73 Å². The number of carbonyl (C=O) groups excluding carboxylic acids is 2. The molecule has 0 saturated heterocycles. The summed E-state index contributed by atoms with van der Waals surface area (Å²) in [6.07, 6.45) is 0.815. The maximum absolute atomic E-state index is 10.8. The van der Waals surface area contributed by atoms with Crippen LogP contribution in [0.5, 0.6) is 0 Å². The van der Waals surface area contributed by atoms with E-state index in [9.17, 15) is 9.59 Å². The summed E-state index contributed by atoms with van der Waals surface area (Å²) in [4.78, 5) is 21.6. The molecule has 1 atom stereocenters. The third-order valence-corrected chi connectivity index (χ3v) is 3.93. The van der Waals surface area contributed by atoms with Gasteiger partial charge in [-0.05, 0) is 12.2 Å². The highest BCUT2D eigenvalue weighted by atomic mass is 32.2. The molecule has 17 heavy (non-hydrogen) atoms. The SMILES string of the molecule is COC(=O)CSCCC(N)CSCC(=O)OC. The van der Waals surface area contributed by atoms with Gasteiger partial charge in [0.15, 0.2) is 0 Å². The summed E-state index contributed by atoms with van der Waals surface area (Å²) < 4.78 is 9.03. The molecule has 0 bridgehead atoms. The molecule has 0 spiro atoms. The van der Waals surface area contributed by atoms with Crippen molar-refractivity contribution in [2.45, 2.75) is 12.5 Å². The Labute approximate surface area is 110 Å². The summed E-state index contributed by atoms with van der Waals surface area (Å²) in [6.45, 7) is 0. The first-order chi connectivity index (χ1) is 8.10. The van der Waals surface area contributed by atoms with Crippen molar-refractivity contribution in [3.63, 3.8) is 0 Å². The van der Waals surface area contributed by atoms with Gasteiger partial charge in [0.2, 0.25) is 0 Å². The van der Waals surface area contributed by atoms with E-state index in [0.717, 1.165) is 12.2 Å². The molecule has 0 rings (SSSR count). The first-order valence-electron chi connectivity index (χ1n) is 5.14. The smallest absolute Gasteiger partial charge is 0.315 e. The Bertz CT molecular complexity index is 238. The third-order valence-electron chi connectivity index (χ3n) is 1.86. The zero-order chi connectivity index (χ0) is 13.1. The lowest BCUT2D eigenvalue weighted by Crippen LogP contribution is -2.24. The van der Waals surface area contributed by atoms with Gasteiger partial charge < -0.3 is 15.2 Å². The fraction of sp³-hybridized carbons (Fsp3) is 0.800. The highest BCUT2D eigenvalue weighted by molar-refractivity contribution is 8.00. The van der Waals surface area contributed by atoms with Crippen molar-refractivity contribution >= 4 is 35.5 Å². The number of hydrogen-bond donors (Lipinski definition) is 1. The molecule has 1 unspecified atom stereocenters. The van der Waals surface area contributed by atoms with Crippen molar-refractivity contribution in [2.75, 3.05) is 37.2 Å². The summed E-state index contributed by atoms with van der Waals surface area (Å²) in [5.74, 6) is 1.77. The molecule has 0 aliphatic carbocycles. The minimum absolute atomic E-state index is 0.0369. The molecule has 0 aromatic heterocycles. The molecule has 0 heterocycles. The molecule has 0 radical (unpaired) electrons. The molecule has 0 aromatic rings. The molecule has 0 aliphatic heterocycles. The standard InChI is InChI=1S/C10H19NO4S2/c1-14-9(12)6-16-4-3-8(11)5-17-7-10(13)15-2/h8H,3-7,11H2,1-2H3. The molecule has 0 fully saturated rings. The molecular formula is C10H19NO4S2. The second-order valence-corrected chi connectivity index (χ2v) is 5.40. The minimum Gasteiger partial charge on any atom is -0.468 e. The van der Waals surface area contributed by atoms with Gasteiger partial charge in [-0.15, -0.1) is 11.8 Å². The number of ether oxygens (including phenoxy) is 2. The zero-order valence-electron chi connectivity index (χ0n) is 10.1. The Morgan fingerprint density at radius 1 is 1.12 bits per heavy atom. The average Bonchev–Trinajstić information content (AvgIpc) is 2.33. The van der Waals surface area contributed by atoms with Gasteiger partial charge in [-0.1, -0.05) is 0 Å². The van der Waals surface area contributed by atoms with Crippen LogP contribution in [-0.2, 0) is 19.1 Å². The van der Waals surface area contributed by atoms with Crippen LogP contribution in [0, 0.1) is 0 Å². The Kier molecular flexibility index (Phi) is 10.5. The largest absolute Gasteiger partial charge is 0.468 e. The molecule has 2 N–H and O–H groups in total. The van der Waals surface area contributed by atoms with Gasteiger partial charge in [0.05, 0.1) is 25.7 Å². The Hall–Kier alpha value is -0.400. The van der Waals surface area contributed by atoms with Crippen LogP contribution < -0.4 is 5.73 Å². The predicted molar refractivity (Wildman–Crippen MR) is 71.3 cm³/mol. The van der Waals surface area contributed by atoms with Gasteiger partial charge in [-0.25, -0.2) is 0 Å².